The molecule has 0 unspecified atom stereocenters. The first-order valence-electron chi connectivity index (χ1n) is 10.3. The third-order valence-electron chi connectivity index (χ3n) is 5.74. The molecule has 5 nitrogen and oxygen atoms in total. The Hall–Kier alpha value is -2.92. The summed E-state index contributed by atoms with van der Waals surface area (Å²) < 4.78 is 2.00. The van der Waals surface area contributed by atoms with Crippen LogP contribution in [0, 0.1) is 20.8 Å². The summed E-state index contributed by atoms with van der Waals surface area (Å²) in [4.78, 5) is 13.2. The summed E-state index contributed by atoms with van der Waals surface area (Å²) in [6.45, 7) is 8.16. The molecule has 0 bridgehead atoms. The number of benzene rings is 2. The van der Waals surface area contributed by atoms with E-state index in [1.54, 1.807) is 6.20 Å². The number of nitrogens with one attached hydrogen (secondary N) is 2. The number of hydrogen-bond donors (Lipinski definition) is 2. The van der Waals surface area contributed by atoms with Gasteiger partial charge in [0.05, 0.1) is 23.1 Å². The predicted molar refractivity (Wildman–Crippen MR) is 117 cm³/mol. The number of amides is 1. The third kappa shape index (κ3) is 3.96. The largest absolute Gasteiger partial charge is 0.322 e. The van der Waals surface area contributed by atoms with E-state index in [2.05, 4.69) is 42.7 Å². The summed E-state index contributed by atoms with van der Waals surface area (Å²) in [5.41, 5.74) is 7.06. The molecule has 2 aromatic carbocycles. The highest BCUT2D eigenvalue weighted by molar-refractivity contribution is 6.05. The molecule has 0 spiro atoms. The van der Waals surface area contributed by atoms with Crippen LogP contribution in [0.5, 0.6) is 0 Å². The van der Waals surface area contributed by atoms with Gasteiger partial charge in [-0.05, 0) is 70.0 Å². The minimum Gasteiger partial charge on any atom is -0.322 e. The zero-order valence-electron chi connectivity index (χ0n) is 17.3. The molecule has 1 aromatic heterocycles. The van der Waals surface area contributed by atoms with Gasteiger partial charge in [-0.3, -0.25) is 4.79 Å². The lowest BCUT2D eigenvalue weighted by Crippen LogP contribution is -2.29. The first kappa shape index (κ1) is 19.4. The van der Waals surface area contributed by atoms with E-state index in [0.29, 0.717) is 11.5 Å². The van der Waals surface area contributed by atoms with Crippen LogP contribution in [-0.2, 0) is 0 Å². The van der Waals surface area contributed by atoms with Gasteiger partial charge in [0.15, 0.2) is 0 Å². The molecule has 2 N–H and O–H groups in total. The molecular formula is C24H28N4O. The van der Waals surface area contributed by atoms with E-state index in [1.165, 1.54) is 5.56 Å². The number of carbonyl (C=O) groups excluding carboxylic acids is 1. The van der Waals surface area contributed by atoms with E-state index in [1.807, 2.05) is 35.9 Å². The van der Waals surface area contributed by atoms with Gasteiger partial charge in [0.25, 0.3) is 5.91 Å². The summed E-state index contributed by atoms with van der Waals surface area (Å²) in [6.07, 6.45) is 3.73. The number of carbonyl (C=O) groups is 1. The van der Waals surface area contributed by atoms with Crippen LogP contribution in [0.4, 0.5) is 5.69 Å². The predicted octanol–water partition coefficient (Wildman–Crippen LogP) is 4.52. The zero-order valence-corrected chi connectivity index (χ0v) is 17.3. The lowest BCUT2D eigenvalue weighted by Gasteiger charge is -2.25. The molecule has 0 saturated carbocycles. The number of hydrogen-bond acceptors (Lipinski definition) is 3. The SMILES string of the molecule is Cc1ccc(NC(=O)c2cnn(-c3c(C)cccc3C)c2C2CCNCC2)cc1. The molecule has 4 rings (SSSR count). The summed E-state index contributed by atoms with van der Waals surface area (Å²) in [5, 5.41) is 11.2. The van der Waals surface area contributed by atoms with E-state index in [-0.39, 0.29) is 5.91 Å². The van der Waals surface area contributed by atoms with Crippen molar-refractivity contribution in [3.63, 3.8) is 0 Å². The molecule has 1 saturated heterocycles. The maximum atomic E-state index is 13.2. The average Bonchev–Trinajstić information content (AvgIpc) is 3.15. The topological polar surface area (TPSA) is 59.0 Å². The first-order valence-corrected chi connectivity index (χ1v) is 10.3. The Kier molecular flexibility index (Phi) is 5.49. The lowest BCUT2D eigenvalue weighted by atomic mass is 9.91. The quantitative estimate of drug-likeness (QED) is 0.691. The molecule has 29 heavy (non-hydrogen) atoms. The van der Waals surface area contributed by atoms with Gasteiger partial charge in [0.1, 0.15) is 0 Å². The highest BCUT2D eigenvalue weighted by Crippen LogP contribution is 2.32. The standard InChI is InChI=1S/C24H28N4O/c1-16-7-9-20(10-8-16)27-24(29)21-15-26-28(22-17(2)5-4-6-18(22)3)23(21)19-11-13-25-14-12-19/h4-10,15,19,25H,11-14H2,1-3H3,(H,27,29). The molecule has 150 valence electrons. The fourth-order valence-electron chi connectivity index (χ4n) is 4.17. The lowest BCUT2D eigenvalue weighted by molar-refractivity contribution is 0.102. The van der Waals surface area contributed by atoms with Gasteiger partial charge in [-0.1, -0.05) is 35.9 Å². The van der Waals surface area contributed by atoms with Crippen molar-refractivity contribution in [1.82, 2.24) is 15.1 Å². The number of aryl methyl sites for hydroxylation is 3. The van der Waals surface area contributed by atoms with Crippen LogP contribution in [0.15, 0.2) is 48.7 Å². The van der Waals surface area contributed by atoms with Gasteiger partial charge in [-0.15, -0.1) is 0 Å². The normalized spacial score (nSPS) is 14.7. The van der Waals surface area contributed by atoms with Crippen LogP contribution >= 0.6 is 0 Å². The molecule has 0 atom stereocenters. The molecule has 0 radical (unpaired) electrons. The number of piperidine rings is 1. The van der Waals surface area contributed by atoms with Crippen molar-refractivity contribution >= 4 is 11.6 Å². The number of anilines is 1. The van der Waals surface area contributed by atoms with Crippen molar-refractivity contribution < 1.29 is 4.79 Å². The van der Waals surface area contributed by atoms with Crippen LogP contribution in [0.2, 0.25) is 0 Å². The minimum atomic E-state index is -0.0973. The fraction of sp³-hybridized carbons (Fsp3) is 0.333. The molecule has 1 amide bonds. The molecule has 0 aliphatic carbocycles. The second-order valence-corrected chi connectivity index (χ2v) is 7.94. The van der Waals surface area contributed by atoms with Crippen molar-refractivity contribution in [3.05, 3.63) is 76.6 Å². The Bertz CT molecular complexity index is 994. The van der Waals surface area contributed by atoms with Crippen molar-refractivity contribution in [3.8, 4) is 5.69 Å². The van der Waals surface area contributed by atoms with Crippen molar-refractivity contribution in [2.75, 3.05) is 18.4 Å². The molecule has 1 fully saturated rings. The molecule has 3 aromatic rings. The summed E-state index contributed by atoms with van der Waals surface area (Å²) in [7, 11) is 0. The van der Waals surface area contributed by atoms with Crippen LogP contribution < -0.4 is 10.6 Å². The molecule has 5 heteroatoms. The van der Waals surface area contributed by atoms with E-state index < -0.39 is 0 Å². The number of aromatic nitrogens is 2. The van der Waals surface area contributed by atoms with E-state index in [0.717, 1.165) is 54.1 Å². The zero-order chi connectivity index (χ0) is 20.4. The van der Waals surface area contributed by atoms with E-state index in [9.17, 15) is 4.79 Å². The van der Waals surface area contributed by atoms with Gasteiger partial charge >= 0.3 is 0 Å². The van der Waals surface area contributed by atoms with Crippen LogP contribution in [0.3, 0.4) is 0 Å². The van der Waals surface area contributed by atoms with E-state index >= 15 is 0 Å². The van der Waals surface area contributed by atoms with Crippen molar-refractivity contribution in [1.29, 1.82) is 0 Å². The van der Waals surface area contributed by atoms with Crippen LogP contribution in [0.1, 0.15) is 51.5 Å². The van der Waals surface area contributed by atoms with Gasteiger partial charge in [0, 0.05) is 11.6 Å². The summed E-state index contributed by atoms with van der Waals surface area (Å²) in [6, 6.07) is 14.1. The number of para-hydroxylation sites is 1. The van der Waals surface area contributed by atoms with Gasteiger partial charge in [-0.2, -0.15) is 5.10 Å². The molecule has 1 aliphatic rings. The fourth-order valence-corrected chi connectivity index (χ4v) is 4.17. The Morgan fingerprint density at radius 1 is 1.03 bits per heavy atom. The van der Waals surface area contributed by atoms with Crippen LogP contribution in [0.25, 0.3) is 5.69 Å². The summed E-state index contributed by atoms with van der Waals surface area (Å²) >= 11 is 0. The van der Waals surface area contributed by atoms with E-state index in [4.69, 9.17) is 5.10 Å². The average molecular weight is 389 g/mol. The van der Waals surface area contributed by atoms with Crippen molar-refractivity contribution in [2.24, 2.45) is 0 Å². The van der Waals surface area contributed by atoms with Crippen molar-refractivity contribution in [2.45, 2.75) is 39.5 Å². The smallest absolute Gasteiger partial charge is 0.259 e. The Morgan fingerprint density at radius 3 is 2.34 bits per heavy atom. The number of nitrogens with zero attached hydrogens (tertiary/aromatic N) is 2. The Balaban J connectivity index is 1.76. The Morgan fingerprint density at radius 2 is 1.69 bits per heavy atom. The molecule has 2 heterocycles. The van der Waals surface area contributed by atoms with Gasteiger partial charge in [-0.25, -0.2) is 4.68 Å². The van der Waals surface area contributed by atoms with Crippen LogP contribution in [-0.4, -0.2) is 28.8 Å². The second-order valence-electron chi connectivity index (χ2n) is 7.94. The Labute approximate surface area is 172 Å². The highest BCUT2D eigenvalue weighted by atomic mass is 16.1. The monoisotopic (exact) mass is 388 g/mol. The van der Waals surface area contributed by atoms with Gasteiger partial charge < -0.3 is 10.6 Å². The first-order chi connectivity index (χ1) is 14.0. The number of rotatable bonds is 4. The molecular weight excluding hydrogens is 360 g/mol. The maximum Gasteiger partial charge on any atom is 0.259 e. The third-order valence-corrected chi connectivity index (χ3v) is 5.74. The minimum absolute atomic E-state index is 0.0973. The highest BCUT2D eigenvalue weighted by Gasteiger charge is 2.28. The maximum absolute atomic E-state index is 13.2. The molecule has 1 aliphatic heterocycles. The van der Waals surface area contributed by atoms with Gasteiger partial charge in [0.2, 0.25) is 0 Å². The summed E-state index contributed by atoms with van der Waals surface area (Å²) in [5.74, 6) is 0.205. The second kappa shape index (κ2) is 8.21.